The predicted octanol–water partition coefficient (Wildman–Crippen LogP) is 1.40. The molecule has 1 amide bonds. The average Bonchev–Trinajstić information content (AvgIpc) is 2.47. The highest BCUT2D eigenvalue weighted by molar-refractivity contribution is 5.94. The molecule has 1 fully saturated rings. The molecule has 0 aliphatic carbocycles. The van der Waals surface area contributed by atoms with Gasteiger partial charge in [0, 0.05) is 38.4 Å². The summed E-state index contributed by atoms with van der Waals surface area (Å²) in [5.41, 5.74) is 7.31. The quantitative estimate of drug-likeness (QED) is 0.879. The lowest BCUT2D eigenvalue weighted by Crippen LogP contribution is -2.40. The number of amides is 1. The highest BCUT2D eigenvalue weighted by Crippen LogP contribution is 2.16. The number of carbonyl (C=O) groups excluding carboxylic acids is 1. The fourth-order valence-electron chi connectivity index (χ4n) is 2.23. The first-order valence-electron chi connectivity index (χ1n) is 6.36. The molecule has 1 heterocycles. The lowest BCUT2D eigenvalue weighted by atomic mass is 10.1. The standard InChI is InChI=1S/C14H20N2O2/c1-16(13-6-8-18-9-7-13)14(17)12-4-2-11(10-15)3-5-12/h2-5,13H,6-10,15H2,1H3. The summed E-state index contributed by atoms with van der Waals surface area (Å²) >= 11 is 0. The van der Waals surface area contributed by atoms with Crippen LogP contribution in [0.2, 0.25) is 0 Å². The van der Waals surface area contributed by atoms with Crippen LogP contribution in [-0.4, -0.2) is 37.1 Å². The lowest BCUT2D eigenvalue weighted by molar-refractivity contribution is 0.0362. The minimum Gasteiger partial charge on any atom is -0.381 e. The third kappa shape index (κ3) is 2.89. The molecule has 1 aliphatic rings. The van der Waals surface area contributed by atoms with E-state index in [0.717, 1.165) is 37.2 Å². The zero-order chi connectivity index (χ0) is 13.0. The van der Waals surface area contributed by atoms with E-state index >= 15 is 0 Å². The number of hydrogen-bond acceptors (Lipinski definition) is 3. The van der Waals surface area contributed by atoms with Crippen LogP contribution in [0.25, 0.3) is 0 Å². The van der Waals surface area contributed by atoms with Gasteiger partial charge in [0.2, 0.25) is 0 Å². The molecule has 1 saturated heterocycles. The zero-order valence-corrected chi connectivity index (χ0v) is 10.8. The predicted molar refractivity (Wildman–Crippen MR) is 70.3 cm³/mol. The van der Waals surface area contributed by atoms with Crippen LogP contribution in [0.15, 0.2) is 24.3 Å². The first kappa shape index (κ1) is 13.1. The van der Waals surface area contributed by atoms with Crippen molar-refractivity contribution in [2.75, 3.05) is 20.3 Å². The van der Waals surface area contributed by atoms with E-state index in [2.05, 4.69) is 0 Å². The van der Waals surface area contributed by atoms with Gasteiger partial charge in [-0.3, -0.25) is 4.79 Å². The van der Waals surface area contributed by atoms with Crippen molar-refractivity contribution >= 4 is 5.91 Å². The monoisotopic (exact) mass is 248 g/mol. The number of carbonyl (C=O) groups is 1. The molecule has 0 radical (unpaired) electrons. The fraction of sp³-hybridized carbons (Fsp3) is 0.500. The Hall–Kier alpha value is -1.39. The summed E-state index contributed by atoms with van der Waals surface area (Å²) in [4.78, 5) is 14.1. The van der Waals surface area contributed by atoms with Crippen LogP contribution in [0, 0.1) is 0 Å². The van der Waals surface area contributed by atoms with Gasteiger partial charge in [0.05, 0.1) is 0 Å². The Kier molecular flexibility index (Phi) is 4.33. The molecule has 1 aliphatic heterocycles. The Labute approximate surface area is 108 Å². The van der Waals surface area contributed by atoms with E-state index in [1.165, 1.54) is 0 Å². The highest BCUT2D eigenvalue weighted by Gasteiger charge is 2.23. The van der Waals surface area contributed by atoms with Gasteiger partial charge in [0.15, 0.2) is 0 Å². The van der Waals surface area contributed by atoms with E-state index < -0.39 is 0 Å². The molecule has 0 atom stereocenters. The lowest BCUT2D eigenvalue weighted by Gasteiger charge is -2.31. The third-order valence-corrected chi connectivity index (χ3v) is 3.50. The van der Waals surface area contributed by atoms with Gasteiger partial charge in [-0.1, -0.05) is 12.1 Å². The van der Waals surface area contributed by atoms with Crippen molar-refractivity contribution in [3.63, 3.8) is 0 Å². The molecule has 0 aromatic heterocycles. The van der Waals surface area contributed by atoms with Gasteiger partial charge in [-0.2, -0.15) is 0 Å². The van der Waals surface area contributed by atoms with Crippen molar-refractivity contribution in [3.05, 3.63) is 35.4 Å². The second-order valence-electron chi connectivity index (χ2n) is 4.66. The van der Waals surface area contributed by atoms with E-state index in [-0.39, 0.29) is 5.91 Å². The molecular weight excluding hydrogens is 228 g/mol. The Morgan fingerprint density at radius 3 is 2.50 bits per heavy atom. The average molecular weight is 248 g/mol. The molecule has 4 heteroatoms. The number of hydrogen-bond donors (Lipinski definition) is 1. The molecule has 98 valence electrons. The Balaban J connectivity index is 2.04. The van der Waals surface area contributed by atoms with Gasteiger partial charge in [0.1, 0.15) is 0 Å². The van der Waals surface area contributed by atoms with Gasteiger partial charge >= 0.3 is 0 Å². The van der Waals surface area contributed by atoms with Crippen molar-refractivity contribution in [3.8, 4) is 0 Å². The fourth-order valence-corrected chi connectivity index (χ4v) is 2.23. The van der Waals surface area contributed by atoms with E-state index in [1.54, 1.807) is 0 Å². The molecule has 0 bridgehead atoms. The van der Waals surface area contributed by atoms with E-state index in [9.17, 15) is 4.79 Å². The zero-order valence-electron chi connectivity index (χ0n) is 10.8. The van der Waals surface area contributed by atoms with E-state index in [4.69, 9.17) is 10.5 Å². The van der Waals surface area contributed by atoms with E-state index in [1.807, 2.05) is 36.2 Å². The Bertz CT molecular complexity index is 397. The first-order valence-corrected chi connectivity index (χ1v) is 6.36. The van der Waals surface area contributed by atoms with Crippen LogP contribution in [0.1, 0.15) is 28.8 Å². The maximum atomic E-state index is 12.3. The Morgan fingerprint density at radius 1 is 1.33 bits per heavy atom. The SMILES string of the molecule is CN(C(=O)c1ccc(CN)cc1)C1CCOCC1. The Morgan fingerprint density at radius 2 is 1.94 bits per heavy atom. The minimum atomic E-state index is 0.0745. The van der Waals surface area contributed by atoms with Gasteiger partial charge in [0.25, 0.3) is 5.91 Å². The van der Waals surface area contributed by atoms with Crippen molar-refractivity contribution in [1.82, 2.24) is 4.90 Å². The summed E-state index contributed by atoms with van der Waals surface area (Å²) in [6, 6.07) is 7.80. The summed E-state index contributed by atoms with van der Waals surface area (Å²) in [6.45, 7) is 1.99. The molecule has 0 saturated carbocycles. The summed E-state index contributed by atoms with van der Waals surface area (Å²) < 4.78 is 5.31. The molecule has 0 spiro atoms. The van der Waals surface area contributed by atoms with E-state index in [0.29, 0.717) is 12.6 Å². The summed E-state index contributed by atoms with van der Waals surface area (Å²) in [6.07, 6.45) is 1.84. The van der Waals surface area contributed by atoms with Crippen LogP contribution < -0.4 is 5.73 Å². The molecule has 1 aromatic carbocycles. The number of nitrogens with two attached hydrogens (primary N) is 1. The topological polar surface area (TPSA) is 55.6 Å². The molecule has 4 nitrogen and oxygen atoms in total. The maximum Gasteiger partial charge on any atom is 0.253 e. The summed E-state index contributed by atoms with van der Waals surface area (Å²) in [5, 5.41) is 0. The smallest absolute Gasteiger partial charge is 0.253 e. The summed E-state index contributed by atoms with van der Waals surface area (Å²) in [7, 11) is 1.87. The molecular formula is C14H20N2O2. The van der Waals surface area contributed by atoms with Gasteiger partial charge in [-0.25, -0.2) is 0 Å². The van der Waals surface area contributed by atoms with Gasteiger partial charge < -0.3 is 15.4 Å². The molecule has 1 aromatic rings. The first-order chi connectivity index (χ1) is 8.72. The number of ether oxygens (including phenoxy) is 1. The molecule has 0 unspecified atom stereocenters. The summed E-state index contributed by atoms with van der Waals surface area (Å²) in [5.74, 6) is 0.0745. The van der Waals surface area contributed by atoms with Crippen molar-refractivity contribution in [2.45, 2.75) is 25.4 Å². The number of nitrogens with zero attached hydrogens (tertiary/aromatic N) is 1. The number of benzene rings is 1. The maximum absolute atomic E-state index is 12.3. The molecule has 18 heavy (non-hydrogen) atoms. The second kappa shape index (κ2) is 5.98. The van der Waals surface area contributed by atoms with Crippen molar-refractivity contribution < 1.29 is 9.53 Å². The van der Waals surface area contributed by atoms with Crippen LogP contribution in [0.4, 0.5) is 0 Å². The second-order valence-corrected chi connectivity index (χ2v) is 4.66. The van der Waals surface area contributed by atoms with Crippen molar-refractivity contribution in [2.24, 2.45) is 5.73 Å². The highest BCUT2D eigenvalue weighted by atomic mass is 16.5. The van der Waals surface area contributed by atoms with Crippen LogP contribution >= 0.6 is 0 Å². The van der Waals surface area contributed by atoms with Crippen molar-refractivity contribution in [1.29, 1.82) is 0 Å². The van der Waals surface area contributed by atoms with Gasteiger partial charge in [-0.15, -0.1) is 0 Å². The largest absolute Gasteiger partial charge is 0.381 e. The third-order valence-electron chi connectivity index (χ3n) is 3.50. The minimum absolute atomic E-state index is 0.0745. The molecule has 2 N–H and O–H groups in total. The van der Waals surface area contributed by atoms with Crippen LogP contribution in [0.3, 0.4) is 0 Å². The molecule has 2 rings (SSSR count). The van der Waals surface area contributed by atoms with Gasteiger partial charge in [-0.05, 0) is 30.5 Å². The number of rotatable bonds is 3. The van der Waals surface area contributed by atoms with Crippen LogP contribution in [0.5, 0.6) is 0 Å². The van der Waals surface area contributed by atoms with Crippen LogP contribution in [-0.2, 0) is 11.3 Å². The normalized spacial score (nSPS) is 16.6.